The van der Waals surface area contributed by atoms with Crippen molar-refractivity contribution in [2.24, 2.45) is 39.4 Å². The highest BCUT2D eigenvalue weighted by atomic mass is 16.6. The monoisotopic (exact) mass is 502 g/mol. The van der Waals surface area contributed by atoms with Crippen molar-refractivity contribution in [3.8, 4) is 0 Å². The average molecular weight is 503 g/mol. The summed E-state index contributed by atoms with van der Waals surface area (Å²) in [5.41, 5.74) is -4.98. The van der Waals surface area contributed by atoms with Gasteiger partial charge in [0.2, 0.25) is 0 Å². The molecule has 0 aromatic carbocycles. The molecule has 198 valence electrons. The largest absolute Gasteiger partial charge is 0.466 e. The zero-order valence-corrected chi connectivity index (χ0v) is 22.6. The van der Waals surface area contributed by atoms with Gasteiger partial charge in [0, 0.05) is 24.2 Å². The van der Waals surface area contributed by atoms with E-state index < -0.39 is 57.6 Å². The number of hydrogen-bond acceptors (Lipinski definition) is 8. The van der Waals surface area contributed by atoms with Gasteiger partial charge in [0.25, 0.3) is 5.60 Å². The second-order valence-corrected chi connectivity index (χ2v) is 12.7. The van der Waals surface area contributed by atoms with E-state index in [-0.39, 0.29) is 23.0 Å². The van der Waals surface area contributed by atoms with Crippen LogP contribution in [0.15, 0.2) is 12.2 Å². The lowest BCUT2D eigenvalue weighted by Gasteiger charge is -2.69. The van der Waals surface area contributed by atoms with Gasteiger partial charge >= 0.3 is 17.9 Å². The van der Waals surface area contributed by atoms with Crippen molar-refractivity contribution in [3.05, 3.63) is 12.2 Å². The quantitative estimate of drug-likeness (QED) is 0.244. The number of carbonyl (C=O) groups is 5. The number of cyclic esters (lactones) is 1. The van der Waals surface area contributed by atoms with Crippen LogP contribution in [-0.4, -0.2) is 48.3 Å². The van der Waals surface area contributed by atoms with E-state index in [1.807, 2.05) is 20.8 Å². The van der Waals surface area contributed by atoms with E-state index in [2.05, 4.69) is 13.5 Å². The van der Waals surface area contributed by atoms with Gasteiger partial charge in [-0.1, -0.05) is 39.8 Å². The Kier molecular flexibility index (Phi) is 5.71. The van der Waals surface area contributed by atoms with Crippen LogP contribution in [-0.2, 0) is 38.2 Å². The first-order chi connectivity index (χ1) is 16.4. The highest BCUT2D eigenvalue weighted by molar-refractivity contribution is 6.15. The van der Waals surface area contributed by atoms with Gasteiger partial charge in [-0.05, 0) is 50.4 Å². The first-order valence-corrected chi connectivity index (χ1v) is 12.7. The van der Waals surface area contributed by atoms with Gasteiger partial charge in [-0.25, -0.2) is 4.79 Å². The first kappa shape index (κ1) is 26.6. The molecule has 8 nitrogen and oxygen atoms in total. The molecule has 0 radical (unpaired) electrons. The molecule has 4 aliphatic rings. The fourth-order valence-corrected chi connectivity index (χ4v) is 8.69. The van der Waals surface area contributed by atoms with Crippen LogP contribution >= 0.6 is 0 Å². The van der Waals surface area contributed by atoms with E-state index >= 15 is 0 Å². The molecule has 0 aromatic rings. The maximum atomic E-state index is 14.0. The minimum Gasteiger partial charge on any atom is -0.466 e. The van der Waals surface area contributed by atoms with E-state index in [1.54, 1.807) is 6.92 Å². The van der Waals surface area contributed by atoms with Gasteiger partial charge in [0.15, 0.2) is 5.78 Å². The molecule has 8 heteroatoms. The van der Waals surface area contributed by atoms with Gasteiger partial charge in [-0.3, -0.25) is 19.2 Å². The van der Waals surface area contributed by atoms with Crippen molar-refractivity contribution in [1.82, 2.24) is 0 Å². The molecule has 0 spiro atoms. The minimum absolute atomic E-state index is 0.0959. The van der Waals surface area contributed by atoms with Crippen LogP contribution in [0.4, 0.5) is 0 Å². The molecule has 8 atom stereocenters. The highest BCUT2D eigenvalue weighted by Gasteiger charge is 2.76. The fraction of sp³-hybridized carbons (Fsp3) is 0.750. The summed E-state index contributed by atoms with van der Waals surface area (Å²) in [6, 6.07) is 0. The van der Waals surface area contributed by atoms with Crippen molar-refractivity contribution < 1.29 is 38.2 Å². The predicted octanol–water partition coefficient (Wildman–Crippen LogP) is 3.60. The molecule has 4 rings (SSSR count). The number of fused-ring (bicyclic) bond motifs is 5. The number of rotatable bonds is 2. The van der Waals surface area contributed by atoms with Crippen LogP contribution in [0, 0.1) is 39.4 Å². The molecule has 36 heavy (non-hydrogen) atoms. The second-order valence-electron chi connectivity index (χ2n) is 12.7. The molecule has 0 bridgehead atoms. The van der Waals surface area contributed by atoms with Gasteiger partial charge in [0.1, 0.15) is 11.9 Å². The summed E-state index contributed by atoms with van der Waals surface area (Å²) in [6.45, 7) is 16.5. The summed E-state index contributed by atoms with van der Waals surface area (Å²) in [5, 5.41) is 0. The Morgan fingerprint density at radius 3 is 2.19 bits per heavy atom. The first-order valence-electron chi connectivity index (χ1n) is 12.7. The Morgan fingerprint density at radius 2 is 1.64 bits per heavy atom. The molecule has 1 saturated heterocycles. The molecular formula is C28H38O8. The highest BCUT2D eigenvalue weighted by Crippen LogP contribution is 2.72. The van der Waals surface area contributed by atoms with Crippen LogP contribution in [0.25, 0.3) is 0 Å². The third-order valence-corrected chi connectivity index (χ3v) is 10.7. The minimum atomic E-state index is -2.10. The van der Waals surface area contributed by atoms with Crippen LogP contribution in [0.5, 0.6) is 0 Å². The number of ketones is 2. The van der Waals surface area contributed by atoms with Crippen molar-refractivity contribution in [2.45, 2.75) is 85.9 Å². The number of carbonyl (C=O) groups excluding carboxylic acids is 5. The summed E-state index contributed by atoms with van der Waals surface area (Å²) in [6.07, 6.45) is 1.10. The molecule has 3 aliphatic carbocycles. The molecule has 3 saturated carbocycles. The lowest BCUT2D eigenvalue weighted by Crippen LogP contribution is -2.74. The van der Waals surface area contributed by atoms with E-state index in [1.165, 1.54) is 13.8 Å². The van der Waals surface area contributed by atoms with E-state index in [4.69, 9.17) is 14.2 Å². The van der Waals surface area contributed by atoms with Gasteiger partial charge < -0.3 is 14.2 Å². The number of methoxy groups -OCH3 is 1. The summed E-state index contributed by atoms with van der Waals surface area (Å²) < 4.78 is 16.4. The number of Topliss-reactive ketones (excluding diaryl/α,β-unsaturated/α-hetero) is 2. The third-order valence-electron chi connectivity index (χ3n) is 10.7. The summed E-state index contributed by atoms with van der Waals surface area (Å²) >= 11 is 0. The summed E-state index contributed by atoms with van der Waals surface area (Å²) in [4.78, 5) is 65.9. The Labute approximate surface area is 212 Å². The zero-order chi connectivity index (χ0) is 27.2. The van der Waals surface area contributed by atoms with Crippen LogP contribution in [0.1, 0.15) is 74.1 Å². The fourth-order valence-electron chi connectivity index (χ4n) is 8.69. The second kappa shape index (κ2) is 7.75. The average Bonchev–Trinajstić information content (AvgIpc) is 2.78. The van der Waals surface area contributed by atoms with Gasteiger partial charge in [-0.15, -0.1) is 0 Å². The maximum Gasteiger partial charge on any atom is 0.358 e. The lowest BCUT2D eigenvalue weighted by atomic mass is 9.35. The van der Waals surface area contributed by atoms with Crippen LogP contribution in [0.3, 0.4) is 0 Å². The molecule has 1 heterocycles. The SMILES string of the molecule is C=C1C[C@@H]2[C@]3(C)CCC(=O)C(C)(C)[C@@H]3C[C@H](OC(C)=O)[C@]2(C)[C@@H]2C(=O)O[C@](C)(C(=O)OC)C(=O)[C@@]12C. The Bertz CT molecular complexity index is 1090. The smallest absolute Gasteiger partial charge is 0.358 e. The number of hydrogen-bond donors (Lipinski definition) is 0. The third kappa shape index (κ3) is 3.02. The van der Waals surface area contributed by atoms with E-state index in [0.29, 0.717) is 31.3 Å². The zero-order valence-electron chi connectivity index (χ0n) is 22.6. The molecule has 0 N–H and O–H groups in total. The molecule has 0 amide bonds. The predicted molar refractivity (Wildman–Crippen MR) is 128 cm³/mol. The molecule has 0 unspecified atom stereocenters. The molecule has 0 aromatic heterocycles. The molecule has 1 aliphatic heterocycles. The Hall–Kier alpha value is -2.51. The van der Waals surface area contributed by atoms with E-state index in [9.17, 15) is 24.0 Å². The Morgan fingerprint density at radius 1 is 1.03 bits per heavy atom. The van der Waals surface area contributed by atoms with Gasteiger partial charge in [-0.2, -0.15) is 0 Å². The van der Waals surface area contributed by atoms with Crippen LogP contribution < -0.4 is 0 Å². The topological polar surface area (TPSA) is 113 Å². The van der Waals surface area contributed by atoms with Crippen molar-refractivity contribution in [3.63, 3.8) is 0 Å². The number of ether oxygens (including phenoxy) is 3. The molecular weight excluding hydrogens is 464 g/mol. The maximum absolute atomic E-state index is 14.0. The summed E-state index contributed by atoms with van der Waals surface area (Å²) in [5.74, 6) is -3.88. The van der Waals surface area contributed by atoms with E-state index in [0.717, 1.165) is 7.11 Å². The van der Waals surface area contributed by atoms with Crippen LogP contribution in [0.2, 0.25) is 0 Å². The standard InChI is InChI=1S/C28H38O8/c1-14-12-17-25(5)11-10-18(30)24(3,4)16(25)13-19(35-15(2)29)27(17,7)20-21(31)36-28(8,23(33)34-9)22(32)26(14,20)6/h16-17,19-20H,1,10-13H2,2-9H3/t16-,17+,19-,20+,25+,26-,27+,28-/m0/s1. The summed E-state index contributed by atoms with van der Waals surface area (Å²) in [7, 11) is 1.14. The van der Waals surface area contributed by atoms with Crippen molar-refractivity contribution in [1.29, 1.82) is 0 Å². The number of allylic oxidation sites excluding steroid dienone is 1. The number of esters is 3. The Balaban J connectivity index is 1.94. The lowest BCUT2D eigenvalue weighted by molar-refractivity contribution is -0.249. The van der Waals surface area contributed by atoms with Crippen molar-refractivity contribution in [2.75, 3.05) is 7.11 Å². The van der Waals surface area contributed by atoms with Gasteiger partial charge in [0.05, 0.1) is 18.4 Å². The molecule has 4 fully saturated rings. The van der Waals surface area contributed by atoms with Crippen molar-refractivity contribution >= 4 is 29.5 Å². The normalized spacial score (nSPS) is 45.6.